The Morgan fingerprint density at radius 2 is 2.05 bits per heavy atom. The van der Waals surface area contributed by atoms with E-state index < -0.39 is 49.2 Å². The van der Waals surface area contributed by atoms with Crippen LogP contribution in [-0.4, -0.2) is 74.7 Å². The Morgan fingerprint density at radius 1 is 1.45 bits per heavy atom. The van der Waals surface area contributed by atoms with Crippen molar-refractivity contribution in [3.63, 3.8) is 0 Å². The van der Waals surface area contributed by atoms with Gasteiger partial charge in [-0.3, -0.25) is 4.79 Å². The molecule has 1 heterocycles. The molecule has 0 aromatic heterocycles. The molecule has 0 aliphatic carbocycles. The predicted octanol–water partition coefficient (Wildman–Crippen LogP) is -4.59. The van der Waals surface area contributed by atoms with Gasteiger partial charge in [-0.1, -0.05) is 0 Å². The minimum Gasteiger partial charge on any atom is -0.484 e. The highest BCUT2D eigenvalue weighted by Gasteiger charge is 2.43. The summed E-state index contributed by atoms with van der Waals surface area (Å²) >= 11 is 0. The van der Waals surface area contributed by atoms with Crippen LogP contribution in [0.5, 0.6) is 0 Å². The fraction of sp³-hybridized carbons (Fsp3) is 0.727. The van der Waals surface area contributed by atoms with Crippen molar-refractivity contribution in [2.24, 2.45) is 0 Å². The van der Waals surface area contributed by atoms with E-state index in [-0.39, 0.29) is 5.76 Å². The van der Waals surface area contributed by atoms with Gasteiger partial charge in [-0.05, 0) is 0 Å². The minimum absolute atomic E-state index is 0.235. The van der Waals surface area contributed by atoms with E-state index in [1.54, 1.807) is 0 Å². The first-order valence-corrected chi connectivity index (χ1v) is 6.09. The SMILES string of the molecule is CC(=O)N[C@@H]1[C@H]([NH3+])C=C(C(O)O)O[C@H]1C(O)[C@H](O)CO. The van der Waals surface area contributed by atoms with E-state index in [2.05, 4.69) is 11.1 Å². The fourth-order valence-electron chi connectivity index (χ4n) is 2.01. The van der Waals surface area contributed by atoms with Gasteiger partial charge in [-0.15, -0.1) is 0 Å². The van der Waals surface area contributed by atoms with Gasteiger partial charge in [0.2, 0.25) is 12.2 Å². The molecule has 9 heteroatoms. The Kier molecular flexibility index (Phi) is 5.87. The number of hydrogen-bond donors (Lipinski definition) is 7. The molecule has 9 nitrogen and oxygen atoms in total. The van der Waals surface area contributed by atoms with Crippen LogP contribution in [0.1, 0.15) is 6.92 Å². The van der Waals surface area contributed by atoms with E-state index in [1.807, 2.05) is 0 Å². The lowest BCUT2D eigenvalue weighted by Crippen LogP contribution is -2.74. The summed E-state index contributed by atoms with van der Waals surface area (Å²) in [6, 6.07) is -1.40. The van der Waals surface area contributed by atoms with Crippen molar-refractivity contribution in [2.75, 3.05) is 6.61 Å². The van der Waals surface area contributed by atoms with Crippen LogP contribution in [0.4, 0.5) is 0 Å². The molecule has 20 heavy (non-hydrogen) atoms. The number of hydrogen-bond acceptors (Lipinski definition) is 7. The number of nitrogens with one attached hydrogen (secondary N) is 1. The lowest BCUT2D eigenvalue weighted by molar-refractivity contribution is -0.418. The molecule has 116 valence electrons. The van der Waals surface area contributed by atoms with Gasteiger partial charge < -0.3 is 41.3 Å². The predicted molar refractivity (Wildman–Crippen MR) is 64.6 cm³/mol. The maximum atomic E-state index is 11.2. The third-order valence-electron chi connectivity index (χ3n) is 3.01. The largest absolute Gasteiger partial charge is 0.484 e. The molecule has 0 spiro atoms. The van der Waals surface area contributed by atoms with Crippen molar-refractivity contribution >= 4 is 5.91 Å². The zero-order valence-corrected chi connectivity index (χ0v) is 11.0. The summed E-state index contributed by atoms with van der Waals surface area (Å²) in [7, 11) is 0. The maximum Gasteiger partial charge on any atom is 0.217 e. The molecule has 0 aromatic rings. The third kappa shape index (κ3) is 3.88. The Labute approximate surface area is 115 Å². The van der Waals surface area contributed by atoms with Crippen molar-refractivity contribution in [3.8, 4) is 0 Å². The molecule has 1 amide bonds. The summed E-state index contributed by atoms with van der Waals surface area (Å²) < 4.78 is 5.20. The second-order valence-corrected chi connectivity index (χ2v) is 4.66. The van der Waals surface area contributed by atoms with Crippen LogP contribution in [0.3, 0.4) is 0 Å². The number of quaternary nitrogens is 1. The number of rotatable bonds is 5. The average molecular weight is 293 g/mol. The first-order chi connectivity index (χ1) is 9.27. The van der Waals surface area contributed by atoms with Gasteiger partial charge in [0.05, 0.1) is 6.61 Å². The van der Waals surface area contributed by atoms with E-state index in [0.717, 1.165) is 0 Å². The van der Waals surface area contributed by atoms with Gasteiger partial charge in [0, 0.05) is 13.0 Å². The van der Waals surface area contributed by atoms with Gasteiger partial charge in [0.25, 0.3) is 0 Å². The lowest BCUT2D eigenvalue weighted by atomic mass is 9.92. The smallest absolute Gasteiger partial charge is 0.217 e. The molecule has 1 rings (SSSR count). The van der Waals surface area contributed by atoms with Gasteiger partial charge in [-0.2, -0.15) is 0 Å². The summed E-state index contributed by atoms with van der Waals surface area (Å²) in [4.78, 5) is 11.2. The molecular formula is C11H21N2O7+. The fourth-order valence-corrected chi connectivity index (χ4v) is 2.01. The van der Waals surface area contributed by atoms with Crippen molar-refractivity contribution in [1.29, 1.82) is 0 Å². The van der Waals surface area contributed by atoms with Crippen molar-refractivity contribution < 1.29 is 40.8 Å². The van der Waals surface area contributed by atoms with Crippen LogP contribution in [0.15, 0.2) is 11.8 Å². The molecule has 0 fully saturated rings. The molecule has 0 aromatic carbocycles. The van der Waals surface area contributed by atoms with Crippen LogP contribution < -0.4 is 11.1 Å². The highest BCUT2D eigenvalue weighted by molar-refractivity contribution is 5.73. The number of carbonyl (C=O) groups is 1. The van der Waals surface area contributed by atoms with E-state index in [0.29, 0.717) is 0 Å². The molecule has 0 saturated carbocycles. The van der Waals surface area contributed by atoms with E-state index in [4.69, 9.17) is 20.1 Å². The number of aliphatic hydroxyl groups excluding tert-OH is 4. The number of carbonyl (C=O) groups excluding carboxylic acids is 1. The summed E-state index contributed by atoms with van der Waals surface area (Å²) in [6.07, 6.45) is -4.81. The van der Waals surface area contributed by atoms with Crippen LogP contribution in [0.2, 0.25) is 0 Å². The molecule has 1 aliphatic rings. The normalized spacial score (nSPS) is 29.4. The molecule has 9 N–H and O–H groups in total. The molecule has 0 bridgehead atoms. The zero-order valence-electron chi connectivity index (χ0n) is 11.0. The van der Waals surface area contributed by atoms with E-state index in [9.17, 15) is 15.0 Å². The summed E-state index contributed by atoms with van der Waals surface area (Å²) in [5.74, 6) is -0.634. The van der Waals surface area contributed by atoms with Crippen LogP contribution >= 0.6 is 0 Å². The number of ether oxygens (including phenoxy) is 1. The first-order valence-electron chi connectivity index (χ1n) is 6.09. The van der Waals surface area contributed by atoms with Crippen LogP contribution in [-0.2, 0) is 9.53 Å². The molecule has 0 radical (unpaired) electrons. The quantitative estimate of drug-likeness (QED) is 0.250. The lowest BCUT2D eigenvalue weighted by Gasteiger charge is -2.38. The van der Waals surface area contributed by atoms with E-state index >= 15 is 0 Å². The topological polar surface area (TPSA) is 167 Å². The first kappa shape index (κ1) is 16.8. The summed E-state index contributed by atoms with van der Waals surface area (Å²) in [6.45, 7) is 0.551. The van der Waals surface area contributed by atoms with Crippen LogP contribution in [0, 0.1) is 0 Å². The number of aliphatic hydroxyl groups is 5. The van der Waals surface area contributed by atoms with Crippen LogP contribution in [0.25, 0.3) is 0 Å². The average Bonchev–Trinajstić information content (AvgIpc) is 2.38. The van der Waals surface area contributed by atoms with Gasteiger partial charge in [0.1, 0.15) is 24.3 Å². The van der Waals surface area contributed by atoms with Crippen molar-refractivity contribution in [2.45, 2.75) is 43.6 Å². The Hall–Kier alpha value is -1.23. The molecule has 0 saturated heterocycles. The molecule has 5 atom stereocenters. The number of amides is 1. The van der Waals surface area contributed by atoms with Gasteiger partial charge in [-0.25, -0.2) is 0 Å². The standard InChI is InChI=1S/C11H20N2O7/c1-4(15)13-8-5(12)2-7(11(18)19)20-10(8)9(17)6(16)3-14/h2,5-6,8-11,14,16-19H,3,12H2,1H3,(H,13,15)/p+1/t5-,6-,8-,9?,10-/m1/s1. The van der Waals surface area contributed by atoms with Crippen molar-refractivity contribution in [1.82, 2.24) is 5.32 Å². The summed E-state index contributed by atoms with van der Waals surface area (Å²) in [5, 5.41) is 49.0. The highest BCUT2D eigenvalue weighted by atomic mass is 16.6. The van der Waals surface area contributed by atoms with E-state index in [1.165, 1.54) is 13.0 Å². The highest BCUT2D eigenvalue weighted by Crippen LogP contribution is 2.22. The molecule has 1 aliphatic heterocycles. The molecular weight excluding hydrogens is 272 g/mol. The Balaban J connectivity index is 3.01. The Bertz CT molecular complexity index is 374. The minimum atomic E-state index is -1.90. The molecule has 1 unspecified atom stereocenters. The second kappa shape index (κ2) is 6.97. The van der Waals surface area contributed by atoms with Gasteiger partial charge in [0.15, 0.2) is 11.9 Å². The zero-order chi connectivity index (χ0) is 15.4. The second-order valence-electron chi connectivity index (χ2n) is 4.66. The monoisotopic (exact) mass is 293 g/mol. The van der Waals surface area contributed by atoms with Gasteiger partial charge >= 0.3 is 0 Å². The maximum absolute atomic E-state index is 11.2. The van der Waals surface area contributed by atoms with Crippen molar-refractivity contribution in [3.05, 3.63) is 11.8 Å². The third-order valence-corrected chi connectivity index (χ3v) is 3.01. The summed E-state index contributed by atoms with van der Waals surface area (Å²) in [5.41, 5.74) is 3.73. The Morgan fingerprint density at radius 3 is 2.50 bits per heavy atom.